The number of hydrogen-bond acceptors (Lipinski definition) is 7. The molecular formula is C35H37ClF3N7O5. The van der Waals surface area contributed by atoms with Crippen LogP contribution in [0.3, 0.4) is 0 Å². The predicted molar refractivity (Wildman–Crippen MR) is 183 cm³/mol. The van der Waals surface area contributed by atoms with Crippen molar-refractivity contribution in [3.63, 3.8) is 0 Å². The largest absolute Gasteiger partial charge is 0.444 e. The van der Waals surface area contributed by atoms with Gasteiger partial charge in [-0.1, -0.05) is 23.7 Å². The number of carbonyl (C=O) groups excluding carboxylic acids is 3. The molecule has 2 aromatic carbocycles. The zero-order valence-corrected chi connectivity index (χ0v) is 29.5. The molecule has 0 saturated carbocycles. The average molecular weight is 728 g/mol. The fraction of sp³-hybridized carbons (Fsp3) is 0.429. The minimum Gasteiger partial charge on any atom is -0.444 e. The number of rotatable bonds is 5. The number of alkyl halides is 3. The van der Waals surface area contributed by atoms with Crippen LogP contribution in [-0.4, -0.2) is 79.7 Å². The summed E-state index contributed by atoms with van der Waals surface area (Å²) in [5.41, 5.74) is -0.555. The quantitative estimate of drug-likeness (QED) is 0.276. The first kappa shape index (κ1) is 35.9. The fourth-order valence-electron chi connectivity index (χ4n) is 6.75. The molecule has 6 rings (SSSR count). The van der Waals surface area contributed by atoms with Crippen LogP contribution in [0.1, 0.15) is 67.2 Å². The van der Waals surface area contributed by atoms with E-state index in [2.05, 4.69) is 15.4 Å². The van der Waals surface area contributed by atoms with Crippen LogP contribution in [0.15, 0.2) is 47.3 Å². The lowest BCUT2D eigenvalue weighted by atomic mass is 9.74. The fourth-order valence-corrected chi connectivity index (χ4v) is 6.98. The molecule has 12 nitrogen and oxygen atoms in total. The van der Waals surface area contributed by atoms with Gasteiger partial charge in [-0.3, -0.25) is 14.4 Å². The van der Waals surface area contributed by atoms with E-state index in [-0.39, 0.29) is 40.3 Å². The Kier molecular flexibility index (Phi) is 9.15. The third kappa shape index (κ3) is 7.03. The zero-order valence-electron chi connectivity index (χ0n) is 28.7. The van der Waals surface area contributed by atoms with Gasteiger partial charge in [-0.05, 0) is 76.8 Å². The summed E-state index contributed by atoms with van der Waals surface area (Å²) in [7, 11) is 3.28. The number of aromatic nitrogens is 4. The highest BCUT2D eigenvalue weighted by Gasteiger charge is 2.46. The SMILES string of the molecule is CN(C)C(=O)c1ccc(-c2nc3n(CC(=O)Nc4ccc(C(F)(F)F)cc4Cl)c4c(c(=O)n3n2)C2(CC4)CCN(C(=O)OC(C)(C)C)CC2)cc1. The average Bonchev–Trinajstić information content (AvgIpc) is 3.66. The van der Waals surface area contributed by atoms with Crippen LogP contribution in [0.25, 0.3) is 17.2 Å². The van der Waals surface area contributed by atoms with Gasteiger partial charge in [0, 0.05) is 55.0 Å². The van der Waals surface area contributed by atoms with E-state index in [4.69, 9.17) is 16.3 Å². The van der Waals surface area contributed by atoms with E-state index in [1.165, 1.54) is 9.42 Å². The standard InChI is InChI=1S/C35H37ClF3N7O5/c1-33(2,3)51-32(50)44-16-14-34(15-17-44)13-12-25-27(34)30(49)46-31(41-28(42-46)20-6-8-21(9-7-20)29(48)43(4)5)45(25)19-26(47)40-24-11-10-22(18-23(24)36)35(37,38)39/h6-11,18H,12-17,19H2,1-5H3,(H,40,47). The molecule has 1 N–H and O–H groups in total. The number of nitrogens with zero attached hydrogens (tertiary/aromatic N) is 6. The summed E-state index contributed by atoms with van der Waals surface area (Å²) >= 11 is 6.13. The Morgan fingerprint density at radius 3 is 2.27 bits per heavy atom. The Labute approximate surface area is 296 Å². The van der Waals surface area contributed by atoms with Crippen molar-refractivity contribution in [2.24, 2.45) is 0 Å². The van der Waals surface area contributed by atoms with Gasteiger partial charge < -0.3 is 24.4 Å². The van der Waals surface area contributed by atoms with E-state index in [1.807, 2.05) is 0 Å². The van der Waals surface area contributed by atoms with Gasteiger partial charge in [-0.25, -0.2) is 4.79 Å². The number of benzene rings is 2. The maximum absolute atomic E-state index is 14.3. The van der Waals surface area contributed by atoms with Crippen molar-refractivity contribution in [3.05, 3.63) is 80.2 Å². The summed E-state index contributed by atoms with van der Waals surface area (Å²) in [5.74, 6) is -0.517. The van der Waals surface area contributed by atoms with Crippen molar-refractivity contribution < 1.29 is 32.3 Å². The molecule has 3 amide bonds. The van der Waals surface area contributed by atoms with E-state index >= 15 is 0 Å². The normalized spacial score (nSPS) is 15.6. The van der Waals surface area contributed by atoms with Gasteiger partial charge in [0.15, 0.2) is 5.82 Å². The number of halogens is 4. The second kappa shape index (κ2) is 13.0. The number of amides is 3. The van der Waals surface area contributed by atoms with Crippen LogP contribution in [0, 0.1) is 0 Å². The topological polar surface area (TPSA) is 131 Å². The number of anilines is 1. The molecule has 2 aromatic heterocycles. The summed E-state index contributed by atoms with van der Waals surface area (Å²) in [6.45, 7) is 5.76. The van der Waals surface area contributed by atoms with Crippen molar-refractivity contribution in [2.45, 2.75) is 70.2 Å². The molecule has 1 fully saturated rings. The van der Waals surface area contributed by atoms with E-state index in [0.717, 1.165) is 18.2 Å². The maximum atomic E-state index is 14.3. The number of fused-ring (bicyclic) bond motifs is 3. The molecule has 3 heterocycles. The van der Waals surface area contributed by atoms with Gasteiger partial charge in [0.2, 0.25) is 11.7 Å². The van der Waals surface area contributed by atoms with E-state index in [1.54, 1.807) is 68.6 Å². The van der Waals surface area contributed by atoms with Gasteiger partial charge in [-0.2, -0.15) is 22.7 Å². The molecule has 0 bridgehead atoms. The van der Waals surface area contributed by atoms with E-state index in [0.29, 0.717) is 61.2 Å². The summed E-state index contributed by atoms with van der Waals surface area (Å²) in [6, 6.07) is 9.24. The molecule has 16 heteroatoms. The lowest BCUT2D eigenvalue weighted by Crippen LogP contribution is -2.47. The minimum absolute atomic E-state index is 0.0103. The van der Waals surface area contributed by atoms with Crippen LogP contribution in [0.5, 0.6) is 0 Å². The third-order valence-electron chi connectivity index (χ3n) is 9.26. The van der Waals surface area contributed by atoms with Crippen LogP contribution in [0.4, 0.5) is 23.7 Å². The monoisotopic (exact) mass is 727 g/mol. The van der Waals surface area contributed by atoms with Crippen molar-refractivity contribution >= 4 is 41.0 Å². The summed E-state index contributed by atoms with van der Waals surface area (Å²) in [6.07, 6.45) is -3.05. The molecule has 0 atom stereocenters. The Morgan fingerprint density at radius 1 is 1.02 bits per heavy atom. The van der Waals surface area contributed by atoms with Gasteiger partial charge in [-0.15, -0.1) is 5.10 Å². The van der Waals surface area contributed by atoms with Crippen molar-refractivity contribution in [3.8, 4) is 11.4 Å². The molecule has 4 aromatic rings. The number of likely N-dealkylation sites (tertiary alicyclic amines) is 1. The van der Waals surface area contributed by atoms with Crippen LogP contribution >= 0.6 is 11.6 Å². The number of ether oxygens (including phenoxy) is 1. The van der Waals surface area contributed by atoms with Crippen LogP contribution in [0.2, 0.25) is 5.02 Å². The second-order valence-electron chi connectivity index (χ2n) is 14.1. The zero-order chi connectivity index (χ0) is 37.0. The van der Waals surface area contributed by atoms with Gasteiger partial charge >= 0.3 is 12.3 Å². The first-order valence-electron chi connectivity index (χ1n) is 16.4. The first-order valence-corrected chi connectivity index (χ1v) is 16.7. The van der Waals surface area contributed by atoms with Gasteiger partial charge in [0.05, 0.1) is 16.3 Å². The second-order valence-corrected chi connectivity index (χ2v) is 14.5. The number of piperidine rings is 1. The van der Waals surface area contributed by atoms with Crippen LogP contribution < -0.4 is 10.9 Å². The lowest BCUT2D eigenvalue weighted by molar-refractivity contribution is -0.137. The first-order chi connectivity index (χ1) is 23.9. The summed E-state index contributed by atoms with van der Waals surface area (Å²) < 4.78 is 48.0. The van der Waals surface area contributed by atoms with Crippen molar-refractivity contribution in [1.29, 1.82) is 0 Å². The molecule has 1 saturated heterocycles. The van der Waals surface area contributed by atoms with Crippen LogP contribution in [-0.2, 0) is 34.1 Å². The van der Waals surface area contributed by atoms with E-state index in [9.17, 15) is 32.3 Å². The number of carbonyl (C=O) groups is 3. The Balaban J connectivity index is 1.39. The molecule has 0 radical (unpaired) electrons. The molecule has 0 unspecified atom stereocenters. The summed E-state index contributed by atoms with van der Waals surface area (Å²) in [5, 5.41) is 6.87. The highest BCUT2D eigenvalue weighted by molar-refractivity contribution is 6.33. The molecule has 1 aliphatic carbocycles. The minimum atomic E-state index is -4.61. The molecule has 1 aliphatic heterocycles. The molecule has 270 valence electrons. The molecule has 51 heavy (non-hydrogen) atoms. The van der Waals surface area contributed by atoms with Gasteiger partial charge in [0.1, 0.15) is 12.1 Å². The highest BCUT2D eigenvalue weighted by atomic mass is 35.5. The Bertz CT molecular complexity index is 2090. The number of hydrogen-bond donors (Lipinski definition) is 1. The number of nitrogens with one attached hydrogen (secondary N) is 1. The van der Waals surface area contributed by atoms with Crippen molar-refractivity contribution in [1.82, 2.24) is 29.0 Å². The lowest BCUT2D eigenvalue weighted by Gasteiger charge is -2.39. The molecule has 2 aliphatic rings. The Hall–Kier alpha value is -4.92. The predicted octanol–water partition coefficient (Wildman–Crippen LogP) is 5.79. The third-order valence-corrected chi connectivity index (χ3v) is 9.58. The van der Waals surface area contributed by atoms with Gasteiger partial charge in [0.25, 0.3) is 11.5 Å². The maximum Gasteiger partial charge on any atom is 0.416 e. The molecular weight excluding hydrogens is 691 g/mol. The van der Waals surface area contributed by atoms with Crippen molar-refractivity contribution in [2.75, 3.05) is 32.5 Å². The van der Waals surface area contributed by atoms with E-state index < -0.39 is 34.8 Å². The smallest absolute Gasteiger partial charge is 0.416 e. The summed E-state index contributed by atoms with van der Waals surface area (Å²) in [4.78, 5) is 60.9. The Morgan fingerprint density at radius 2 is 1.69 bits per heavy atom. The molecule has 1 spiro atoms. The highest BCUT2D eigenvalue weighted by Crippen LogP contribution is 2.45.